The molecule has 0 saturated carbocycles. The van der Waals surface area contributed by atoms with E-state index < -0.39 is 0 Å². The lowest BCUT2D eigenvalue weighted by molar-refractivity contribution is 0.590. The Labute approximate surface area is 557 Å². The fourth-order valence-corrected chi connectivity index (χ4v) is 16.9. The molecule has 0 fully saturated rings. The van der Waals surface area contributed by atoms with Crippen molar-refractivity contribution in [1.82, 2.24) is 0 Å². The molecule has 0 unspecified atom stereocenters. The Bertz CT molecular complexity index is 5960. The highest BCUT2D eigenvalue weighted by atomic mass is 32.1. The molecule has 4 heterocycles. The maximum absolute atomic E-state index is 6.58. The number of nitrogens with zero attached hydrogens (tertiary/aromatic N) is 4. The van der Waals surface area contributed by atoms with Crippen LogP contribution in [0.1, 0.15) is 52.7 Å². The van der Waals surface area contributed by atoms with Gasteiger partial charge < -0.3 is 24.0 Å². The van der Waals surface area contributed by atoms with Crippen LogP contribution in [0, 0.1) is 0 Å². The van der Waals surface area contributed by atoms with E-state index >= 15 is 0 Å². The fourth-order valence-electron chi connectivity index (χ4n) is 15.8. The summed E-state index contributed by atoms with van der Waals surface area (Å²) >= 11 is 1.89. The van der Waals surface area contributed by atoms with Crippen molar-refractivity contribution >= 4 is 188 Å². The van der Waals surface area contributed by atoms with Gasteiger partial charge in [-0.1, -0.05) is 211 Å². The van der Waals surface area contributed by atoms with Crippen molar-refractivity contribution < 1.29 is 4.42 Å². The van der Waals surface area contributed by atoms with E-state index in [-0.39, 0.29) is 17.5 Å². The Balaban J connectivity index is 0.941. The highest BCUT2D eigenvalue weighted by molar-refractivity contribution is 7.26. The smallest absolute Gasteiger partial charge is 0.252 e. The zero-order valence-electron chi connectivity index (χ0n) is 53.8. The number of benzene rings is 15. The molecule has 17 aromatic rings. The van der Waals surface area contributed by atoms with Crippen LogP contribution in [-0.4, -0.2) is 6.71 Å². The average Bonchev–Trinajstić information content (AvgIpc) is 1.36. The Morgan fingerprint density at radius 1 is 0.337 bits per heavy atom. The summed E-state index contributed by atoms with van der Waals surface area (Å²) in [6.07, 6.45) is 0. The van der Waals surface area contributed by atoms with Gasteiger partial charge in [-0.25, -0.2) is 0 Å². The SMILES string of the molecule is CC(C)(C)c1ccc(N2c3cc(N(c4ccc5oc6ccccc6c5c4)c4ccc5ccc6cccc7ccc4c5c67)ccc3B3c4ccc5sc6ccccc6c5c4N(c4ccc(C(C)(C)C)cc4)c4cc(N(c5ccccc5)c5ccc6ccccc6c5)cc2c43)cc1. The number of fused-ring (bicyclic) bond motifs is 12. The second-order valence-corrected chi connectivity index (χ2v) is 29.2. The van der Waals surface area contributed by atoms with Gasteiger partial charge in [0.05, 0.1) is 17.1 Å². The minimum absolute atomic E-state index is 0.0447. The Hall–Kier alpha value is -11.1. The molecule has 2 aliphatic heterocycles. The molecule has 7 heteroatoms. The molecule has 0 spiro atoms. The molecule has 0 saturated heterocycles. The van der Waals surface area contributed by atoms with Gasteiger partial charge in [0.15, 0.2) is 0 Å². The second-order valence-electron chi connectivity index (χ2n) is 28.1. The minimum atomic E-state index is -0.186. The molecule has 95 heavy (non-hydrogen) atoms. The summed E-state index contributed by atoms with van der Waals surface area (Å²) in [4.78, 5) is 10.2. The third kappa shape index (κ3) is 8.62. The van der Waals surface area contributed by atoms with Gasteiger partial charge in [0.25, 0.3) is 6.71 Å². The number of hydrogen-bond acceptors (Lipinski definition) is 6. The second kappa shape index (κ2) is 20.7. The van der Waals surface area contributed by atoms with Gasteiger partial charge in [-0.3, -0.25) is 0 Å². The van der Waals surface area contributed by atoms with E-state index in [1.54, 1.807) is 0 Å². The first-order valence-corrected chi connectivity index (χ1v) is 34.0. The Morgan fingerprint density at radius 2 is 0.895 bits per heavy atom. The molecule has 0 bridgehead atoms. The highest BCUT2D eigenvalue weighted by Gasteiger charge is 2.45. The number of anilines is 12. The van der Waals surface area contributed by atoms with Crippen molar-refractivity contribution in [2.75, 3.05) is 19.6 Å². The van der Waals surface area contributed by atoms with Gasteiger partial charge >= 0.3 is 0 Å². The third-order valence-corrected chi connectivity index (χ3v) is 21.5. The summed E-state index contributed by atoms with van der Waals surface area (Å²) in [5.74, 6) is 0. The van der Waals surface area contributed by atoms with Crippen molar-refractivity contribution in [3.63, 3.8) is 0 Å². The lowest BCUT2D eigenvalue weighted by Gasteiger charge is -2.45. The van der Waals surface area contributed by atoms with Crippen molar-refractivity contribution in [3.8, 4) is 0 Å². The van der Waals surface area contributed by atoms with Crippen LogP contribution < -0.4 is 36.0 Å². The Kier molecular flexibility index (Phi) is 12.1. The zero-order chi connectivity index (χ0) is 63.6. The third-order valence-electron chi connectivity index (χ3n) is 20.4. The molecule has 0 radical (unpaired) electrons. The molecule has 5 nitrogen and oxygen atoms in total. The number of rotatable bonds is 8. The summed E-state index contributed by atoms with van der Waals surface area (Å²) < 4.78 is 9.12. The average molecular weight is 1240 g/mol. The summed E-state index contributed by atoms with van der Waals surface area (Å²) in [5, 5.41) is 14.5. The van der Waals surface area contributed by atoms with Crippen LogP contribution in [0.15, 0.2) is 290 Å². The predicted molar refractivity (Wildman–Crippen MR) is 409 cm³/mol. The first kappa shape index (κ1) is 55.5. The monoisotopic (exact) mass is 1240 g/mol. The van der Waals surface area contributed by atoms with Crippen LogP contribution in [-0.2, 0) is 10.8 Å². The van der Waals surface area contributed by atoms with Crippen LogP contribution in [0.3, 0.4) is 0 Å². The standard InChI is InChI=1S/C88H65BN4OS/c1-87(2,3)59-32-37-62(38-33-59)92-75-51-66(91(65-42-47-79-71(50-65)68-23-12-14-25-78(68)94-79)74-46-31-57-28-27-55-19-16-20-56-30-43-69(74)83(57)82(55)56)41-44-72(75)89-73-45-48-81-84(70-24-13-15-26-80(70)95-81)86(73)93(63-39-34-60(35-40-63)88(4,5)6)77-53-67(52-76(92)85(77)89)90(61-21-8-7-9-22-61)64-36-29-54-17-10-11-18-58(54)49-64/h7-53H,1-6H3. The molecule has 0 N–H and O–H groups in total. The van der Waals surface area contributed by atoms with E-state index in [2.05, 4.69) is 346 Å². The van der Waals surface area contributed by atoms with E-state index in [4.69, 9.17) is 4.42 Å². The first-order chi connectivity index (χ1) is 46.4. The van der Waals surface area contributed by atoms with Crippen molar-refractivity contribution in [2.24, 2.45) is 0 Å². The highest BCUT2D eigenvalue weighted by Crippen LogP contribution is 2.54. The van der Waals surface area contributed by atoms with Crippen LogP contribution in [0.5, 0.6) is 0 Å². The quantitative estimate of drug-likeness (QED) is 0.112. The maximum Gasteiger partial charge on any atom is 0.252 e. The van der Waals surface area contributed by atoms with Gasteiger partial charge in [0, 0.05) is 87.5 Å². The number of hydrogen-bond donors (Lipinski definition) is 0. The molecule has 19 rings (SSSR count). The molecule has 0 aliphatic carbocycles. The van der Waals surface area contributed by atoms with E-state index in [0.717, 1.165) is 84.5 Å². The van der Waals surface area contributed by atoms with Crippen molar-refractivity contribution in [1.29, 1.82) is 0 Å². The predicted octanol–water partition coefficient (Wildman–Crippen LogP) is 23.6. The minimum Gasteiger partial charge on any atom is -0.456 e. The zero-order valence-corrected chi connectivity index (χ0v) is 54.6. The van der Waals surface area contributed by atoms with Crippen LogP contribution in [0.25, 0.3) is 85.2 Å². The van der Waals surface area contributed by atoms with Crippen molar-refractivity contribution in [2.45, 2.75) is 52.4 Å². The van der Waals surface area contributed by atoms with Crippen molar-refractivity contribution in [3.05, 3.63) is 296 Å². The van der Waals surface area contributed by atoms with Crippen LogP contribution >= 0.6 is 11.3 Å². The van der Waals surface area contributed by atoms with Gasteiger partial charge in [0.2, 0.25) is 0 Å². The van der Waals surface area contributed by atoms with E-state index in [1.165, 1.54) is 96.5 Å². The van der Waals surface area contributed by atoms with Crippen LogP contribution in [0.2, 0.25) is 0 Å². The van der Waals surface area contributed by atoms with Gasteiger partial charge in [0.1, 0.15) is 11.2 Å². The largest absolute Gasteiger partial charge is 0.456 e. The summed E-state index contributed by atoms with van der Waals surface area (Å²) in [5.41, 5.74) is 21.1. The van der Waals surface area contributed by atoms with Gasteiger partial charge in [-0.2, -0.15) is 0 Å². The summed E-state index contributed by atoms with van der Waals surface area (Å²) in [7, 11) is 0. The lowest BCUT2D eigenvalue weighted by Crippen LogP contribution is -2.61. The summed E-state index contributed by atoms with van der Waals surface area (Å²) in [6, 6.07) is 108. The molecule has 2 aromatic heterocycles. The molecular formula is C88H65BN4OS. The lowest BCUT2D eigenvalue weighted by atomic mass is 9.33. The molecule has 15 aromatic carbocycles. The first-order valence-electron chi connectivity index (χ1n) is 33.2. The number of thiophene rings is 1. The Morgan fingerprint density at radius 3 is 1.65 bits per heavy atom. The van der Waals surface area contributed by atoms with E-state index in [0.29, 0.717) is 0 Å². The van der Waals surface area contributed by atoms with Crippen LogP contribution in [0.4, 0.5) is 68.2 Å². The summed E-state index contributed by atoms with van der Waals surface area (Å²) in [6.45, 7) is 13.7. The van der Waals surface area contributed by atoms with E-state index in [1.807, 2.05) is 11.3 Å². The molecule has 0 atom stereocenters. The fraction of sp³-hybridized carbons (Fsp3) is 0.0909. The molecular weight excluding hydrogens is 1170 g/mol. The molecule has 0 amide bonds. The van der Waals surface area contributed by atoms with E-state index in [9.17, 15) is 0 Å². The normalized spacial score (nSPS) is 13.1. The van der Waals surface area contributed by atoms with Gasteiger partial charge in [-0.05, 0) is 191 Å². The van der Waals surface area contributed by atoms with Gasteiger partial charge in [-0.15, -0.1) is 11.3 Å². The molecule has 2 aliphatic rings. The molecule has 452 valence electrons. The topological polar surface area (TPSA) is 26.1 Å². The number of furan rings is 1. The number of para-hydroxylation sites is 2. The maximum atomic E-state index is 6.58.